The van der Waals surface area contributed by atoms with Crippen molar-refractivity contribution in [2.75, 3.05) is 11.9 Å². The highest BCUT2D eigenvalue weighted by atomic mass is 19.1. The number of benzene rings is 2. The van der Waals surface area contributed by atoms with Crippen molar-refractivity contribution in [1.82, 2.24) is 5.32 Å². The van der Waals surface area contributed by atoms with Crippen molar-refractivity contribution < 1.29 is 4.39 Å². The van der Waals surface area contributed by atoms with Crippen LogP contribution in [0.1, 0.15) is 29.2 Å². The molecule has 1 heterocycles. The van der Waals surface area contributed by atoms with Crippen LogP contribution in [0, 0.1) is 17.1 Å². The second kappa shape index (κ2) is 5.94. The highest BCUT2D eigenvalue weighted by Crippen LogP contribution is 2.28. The molecule has 0 radical (unpaired) electrons. The number of halogens is 1. The van der Waals surface area contributed by atoms with Crippen LogP contribution in [0.5, 0.6) is 0 Å². The first-order chi connectivity index (χ1) is 10.3. The predicted molar refractivity (Wildman–Crippen MR) is 80.2 cm³/mol. The molecule has 1 aliphatic heterocycles. The van der Waals surface area contributed by atoms with E-state index in [1.54, 1.807) is 12.1 Å². The molecule has 0 spiro atoms. The maximum atomic E-state index is 14.0. The van der Waals surface area contributed by atoms with Crippen molar-refractivity contribution in [3.63, 3.8) is 0 Å². The predicted octanol–water partition coefficient (Wildman–Crippen LogP) is 3.34. The van der Waals surface area contributed by atoms with E-state index in [9.17, 15) is 4.39 Å². The smallest absolute Gasteiger partial charge is 0.147 e. The van der Waals surface area contributed by atoms with Gasteiger partial charge in [0.2, 0.25) is 0 Å². The molecule has 0 saturated carbocycles. The lowest BCUT2D eigenvalue weighted by Gasteiger charge is -2.20. The number of nitrogens with one attached hydrogen (secondary N) is 2. The average molecular weight is 281 g/mol. The summed E-state index contributed by atoms with van der Waals surface area (Å²) >= 11 is 0. The summed E-state index contributed by atoms with van der Waals surface area (Å²) in [4.78, 5) is 0. The Balaban J connectivity index is 1.90. The topological polar surface area (TPSA) is 47.9 Å². The fraction of sp³-hybridized carbons (Fsp3) is 0.235. The van der Waals surface area contributed by atoms with Gasteiger partial charge in [0.05, 0.1) is 23.4 Å². The van der Waals surface area contributed by atoms with Gasteiger partial charge in [-0.3, -0.25) is 0 Å². The Kier molecular flexibility index (Phi) is 3.85. The molecule has 2 aromatic carbocycles. The first kappa shape index (κ1) is 13.6. The van der Waals surface area contributed by atoms with Crippen LogP contribution in [0.4, 0.5) is 10.1 Å². The zero-order chi connectivity index (χ0) is 14.7. The summed E-state index contributed by atoms with van der Waals surface area (Å²) in [7, 11) is 0. The zero-order valence-corrected chi connectivity index (χ0v) is 11.6. The molecule has 106 valence electrons. The van der Waals surface area contributed by atoms with Crippen LogP contribution in [0.25, 0.3) is 0 Å². The minimum atomic E-state index is -0.385. The molecule has 0 saturated heterocycles. The molecule has 0 aliphatic carbocycles. The van der Waals surface area contributed by atoms with Crippen molar-refractivity contribution in [2.45, 2.75) is 19.0 Å². The molecule has 2 aromatic rings. The summed E-state index contributed by atoms with van der Waals surface area (Å²) in [6, 6.07) is 14.8. The molecular weight excluding hydrogens is 265 g/mol. The van der Waals surface area contributed by atoms with Gasteiger partial charge in [0.15, 0.2) is 0 Å². The first-order valence-corrected chi connectivity index (χ1v) is 7.02. The van der Waals surface area contributed by atoms with Gasteiger partial charge in [-0.2, -0.15) is 5.26 Å². The molecule has 3 rings (SSSR count). The van der Waals surface area contributed by atoms with E-state index >= 15 is 0 Å². The molecule has 1 unspecified atom stereocenters. The van der Waals surface area contributed by atoms with E-state index in [1.165, 1.54) is 17.2 Å². The van der Waals surface area contributed by atoms with Crippen molar-refractivity contribution in [3.05, 3.63) is 65.0 Å². The monoisotopic (exact) mass is 281 g/mol. The van der Waals surface area contributed by atoms with Crippen LogP contribution in [-0.2, 0) is 6.54 Å². The summed E-state index contributed by atoms with van der Waals surface area (Å²) in [5.74, 6) is -0.385. The Labute approximate surface area is 123 Å². The van der Waals surface area contributed by atoms with Gasteiger partial charge in [-0.15, -0.1) is 0 Å². The molecule has 0 fully saturated rings. The number of anilines is 1. The van der Waals surface area contributed by atoms with Crippen LogP contribution in [-0.4, -0.2) is 6.54 Å². The normalized spacial score (nSPS) is 17.4. The average Bonchev–Trinajstić information content (AvgIpc) is 2.72. The van der Waals surface area contributed by atoms with Gasteiger partial charge >= 0.3 is 0 Å². The minimum absolute atomic E-state index is 0.0682. The van der Waals surface area contributed by atoms with Gasteiger partial charge in [0, 0.05) is 6.54 Å². The van der Waals surface area contributed by atoms with Crippen LogP contribution in [0.15, 0.2) is 42.5 Å². The van der Waals surface area contributed by atoms with E-state index in [0.717, 1.165) is 19.5 Å². The van der Waals surface area contributed by atoms with Crippen LogP contribution < -0.4 is 10.6 Å². The number of rotatable bonds is 2. The third-order valence-electron chi connectivity index (χ3n) is 3.78. The van der Waals surface area contributed by atoms with E-state index in [-0.39, 0.29) is 11.9 Å². The van der Waals surface area contributed by atoms with E-state index in [2.05, 4.69) is 22.8 Å². The second-order valence-electron chi connectivity index (χ2n) is 5.17. The quantitative estimate of drug-likeness (QED) is 0.887. The maximum absolute atomic E-state index is 14.0. The lowest BCUT2D eigenvalue weighted by Crippen LogP contribution is -2.15. The zero-order valence-electron chi connectivity index (χ0n) is 11.6. The van der Waals surface area contributed by atoms with Crippen LogP contribution in [0.2, 0.25) is 0 Å². The van der Waals surface area contributed by atoms with Crippen LogP contribution in [0.3, 0.4) is 0 Å². The van der Waals surface area contributed by atoms with Gasteiger partial charge in [0.25, 0.3) is 0 Å². The van der Waals surface area contributed by atoms with Crippen LogP contribution >= 0.6 is 0 Å². The van der Waals surface area contributed by atoms with E-state index in [0.29, 0.717) is 11.3 Å². The van der Waals surface area contributed by atoms with Crippen molar-refractivity contribution in [1.29, 1.82) is 5.26 Å². The highest BCUT2D eigenvalue weighted by molar-refractivity contribution is 5.51. The number of nitriles is 1. The molecular formula is C17H16FN3. The van der Waals surface area contributed by atoms with Gasteiger partial charge in [-0.05, 0) is 42.3 Å². The Morgan fingerprint density at radius 1 is 1.24 bits per heavy atom. The Morgan fingerprint density at radius 2 is 2.10 bits per heavy atom. The van der Waals surface area contributed by atoms with Gasteiger partial charge in [-0.25, -0.2) is 4.39 Å². The number of nitrogens with zero attached hydrogens (tertiary/aromatic N) is 1. The van der Waals surface area contributed by atoms with Gasteiger partial charge in [0.1, 0.15) is 5.82 Å². The third-order valence-corrected chi connectivity index (χ3v) is 3.78. The molecule has 2 N–H and O–H groups in total. The number of fused-ring (bicyclic) bond motifs is 1. The fourth-order valence-electron chi connectivity index (χ4n) is 2.70. The van der Waals surface area contributed by atoms with E-state index in [4.69, 9.17) is 5.26 Å². The molecule has 0 aromatic heterocycles. The van der Waals surface area contributed by atoms with E-state index < -0.39 is 0 Å². The Bertz CT molecular complexity index is 691. The number of hydrogen-bond donors (Lipinski definition) is 2. The summed E-state index contributed by atoms with van der Waals surface area (Å²) in [5, 5.41) is 15.4. The van der Waals surface area contributed by atoms with Crippen molar-refractivity contribution >= 4 is 5.69 Å². The number of hydrogen-bond acceptors (Lipinski definition) is 3. The molecule has 1 atom stereocenters. The second-order valence-corrected chi connectivity index (χ2v) is 5.17. The Hall–Kier alpha value is -2.38. The summed E-state index contributed by atoms with van der Waals surface area (Å²) in [5.41, 5.74) is 3.21. The molecule has 3 nitrogen and oxygen atoms in total. The van der Waals surface area contributed by atoms with Crippen molar-refractivity contribution in [3.8, 4) is 6.07 Å². The third kappa shape index (κ3) is 2.88. The standard InChI is InChI=1S/C17H16FN3/c18-15-9-12(10-19)5-6-17(15)21-16-7-8-20-11-13-3-1-2-4-14(13)16/h1-6,9,16,20-21H,7-8,11H2. The molecule has 0 amide bonds. The Morgan fingerprint density at radius 3 is 2.90 bits per heavy atom. The van der Waals surface area contributed by atoms with E-state index in [1.807, 2.05) is 18.2 Å². The fourth-order valence-corrected chi connectivity index (χ4v) is 2.70. The minimum Gasteiger partial charge on any atom is -0.376 e. The lowest BCUT2D eigenvalue weighted by molar-refractivity contribution is 0.611. The molecule has 21 heavy (non-hydrogen) atoms. The van der Waals surface area contributed by atoms with Gasteiger partial charge in [-0.1, -0.05) is 24.3 Å². The summed E-state index contributed by atoms with van der Waals surface area (Å²) < 4.78 is 14.0. The molecule has 4 heteroatoms. The maximum Gasteiger partial charge on any atom is 0.147 e. The van der Waals surface area contributed by atoms with Gasteiger partial charge < -0.3 is 10.6 Å². The summed E-state index contributed by atoms with van der Waals surface area (Å²) in [6.07, 6.45) is 0.885. The molecule has 1 aliphatic rings. The largest absolute Gasteiger partial charge is 0.376 e. The molecule has 0 bridgehead atoms. The summed E-state index contributed by atoms with van der Waals surface area (Å²) in [6.45, 7) is 1.72. The SMILES string of the molecule is N#Cc1ccc(NC2CCNCc3ccccc32)c(F)c1. The highest BCUT2D eigenvalue weighted by Gasteiger charge is 2.19. The van der Waals surface area contributed by atoms with Crippen molar-refractivity contribution in [2.24, 2.45) is 0 Å². The lowest BCUT2D eigenvalue weighted by atomic mass is 9.99. The first-order valence-electron chi connectivity index (χ1n) is 7.02.